The van der Waals surface area contributed by atoms with Crippen molar-refractivity contribution in [2.75, 3.05) is 0 Å². The predicted octanol–water partition coefficient (Wildman–Crippen LogP) is 4.24. The number of hydrogen-bond donors (Lipinski definition) is 1. The number of nitrogens with one attached hydrogen (secondary N) is 1. The predicted molar refractivity (Wildman–Crippen MR) is 130 cm³/mol. The summed E-state index contributed by atoms with van der Waals surface area (Å²) in [7, 11) is 0. The van der Waals surface area contributed by atoms with Gasteiger partial charge in [-0.3, -0.25) is 14.2 Å². The molecule has 3 aromatic carbocycles. The second-order valence-corrected chi connectivity index (χ2v) is 8.14. The molecule has 0 bridgehead atoms. The average Bonchev–Trinajstić information content (AvgIpc) is 3.29. The number of aromatic nitrogens is 5. The van der Waals surface area contributed by atoms with E-state index in [9.17, 15) is 14.0 Å². The number of carbonyl (C=O) groups is 1. The fourth-order valence-electron chi connectivity index (χ4n) is 4.08. The molecule has 0 saturated heterocycles. The molecule has 8 heteroatoms. The molecule has 2 heterocycles. The second kappa shape index (κ2) is 9.80. The molecule has 174 valence electrons. The first kappa shape index (κ1) is 22.3. The average molecular weight is 468 g/mol. The van der Waals surface area contributed by atoms with Crippen molar-refractivity contribution in [1.29, 1.82) is 0 Å². The zero-order valence-corrected chi connectivity index (χ0v) is 18.8. The van der Waals surface area contributed by atoms with Crippen LogP contribution in [0.5, 0.6) is 0 Å². The Bertz CT molecular complexity index is 1560. The van der Waals surface area contributed by atoms with Crippen molar-refractivity contribution in [2.24, 2.45) is 0 Å². The highest BCUT2D eigenvalue weighted by molar-refractivity contribution is 5.96. The number of halogens is 1. The summed E-state index contributed by atoms with van der Waals surface area (Å²) < 4.78 is 15.9. The van der Waals surface area contributed by atoms with E-state index in [4.69, 9.17) is 0 Å². The van der Waals surface area contributed by atoms with Crippen LogP contribution in [0.3, 0.4) is 0 Å². The molecular formula is C27H22FN5O2. The normalized spacial score (nSPS) is 11.1. The third-order valence-electron chi connectivity index (χ3n) is 5.81. The van der Waals surface area contributed by atoms with Crippen molar-refractivity contribution in [1.82, 2.24) is 24.7 Å². The topological polar surface area (TPSA) is 93.5 Å². The van der Waals surface area contributed by atoms with E-state index in [0.717, 1.165) is 5.69 Å². The molecule has 5 rings (SSSR count). The number of nitrogens with zero attached hydrogens (tertiary/aromatic N) is 4. The standard InChI is InChI=1S/C27H22FN5O2/c28-21-12-6-4-10-19(21)23(34)14-16-25-31-32-26(33(25)18-8-2-1-3-9-18)17-15-24-29-22-13-7-5-11-20(22)27(35)30-24/h1-13H,14-17H2,(H,29,30,35). The lowest BCUT2D eigenvalue weighted by molar-refractivity contribution is 0.0978. The third kappa shape index (κ3) is 4.77. The summed E-state index contributed by atoms with van der Waals surface area (Å²) in [6.45, 7) is 0. The second-order valence-electron chi connectivity index (χ2n) is 8.14. The van der Waals surface area contributed by atoms with E-state index in [1.165, 1.54) is 12.1 Å². The van der Waals surface area contributed by atoms with E-state index in [0.29, 0.717) is 47.6 Å². The third-order valence-corrected chi connectivity index (χ3v) is 5.81. The van der Waals surface area contributed by atoms with E-state index in [1.807, 2.05) is 47.0 Å². The zero-order chi connectivity index (χ0) is 24.2. The molecule has 0 aliphatic heterocycles. The van der Waals surface area contributed by atoms with Gasteiger partial charge in [-0.05, 0) is 36.4 Å². The summed E-state index contributed by atoms with van der Waals surface area (Å²) in [5.41, 5.74) is 1.40. The van der Waals surface area contributed by atoms with E-state index in [1.54, 1.807) is 24.3 Å². The quantitative estimate of drug-likeness (QED) is 0.345. The maximum atomic E-state index is 14.0. The van der Waals surface area contributed by atoms with Gasteiger partial charge in [0.1, 0.15) is 23.3 Å². The first-order chi connectivity index (χ1) is 17.1. The van der Waals surface area contributed by atoms with Gasteiger partial charge in [0.2, 0.25) is 0 Å². The monoisotopic (exact) mass is 467 g/mol. The fourth-order valence-corrected chi connectivity index (χ4v) is 4.08. The molecule has 1 N–H and O–H groups in total. The minimum Gasteiger partial charge on any atom is -0.310 e. The van der Waals surface area contributed by atoms with Crippen LogP contribution in [0.25, 0.3) is 16.6 Å². The summed E-state index contributed by atoms with van der Waals surface area (Å²) in [5.74, 6) is 1.04. The summed E-state index contributed by atoms with van der Waals surface area (Å²) in [6.07, 6.45) is 1.34. The highest BCUT2D eigenvalue weighted by Crippen LogP contribution is 2.18. The van der Waals surface area contributed by atoms with Crippen LogP contribution in [-0.4, -0.2) is 30.5 Å². The number of para-hydroxylation sites is 2. The van der Waals surface area contributed by atoms with Crippen LogP contribution in [-0.2, 0) is 19.3 Å². The van der Waals surface area contributed by atoms with Crippen molar-refractivity contribution in [3.8, 4) is 5.69 Å². The Morgan fingerprint density at radius 1 is 0.829 bits per heavy atom. The number of hydrogen-bond acceptors (Lipinski definition) is 5. The minimum atomic E-state index is -0.528. The summed E-state index contributed by atoms with van der Waals surface area (Å²) in [4.78, 5) is 32.4. The minimum absolute atomic E-state index is 0.0739. The van der Waals surface area contributed by atoms with Gasteiger partial charge < -0.3 is 4.98 Å². The largest absolute Gasteiger partial charge is 0.310 e. The Morgan fingerprint density at radius 2 is 1.51 bits per heavy atom. The summed E-state index contributed by atoms with van der Waals surface area (Å²) in [6, 6.07) is 22.8. The molecule has 0 fully saturated rings. The highest BCUT2D eigenvalue weighted by Gasteiger charge is 2.17. The summed E-state index contributed by atoms with van der Waals surface area (Å²) >= 11 is 0. The molecule has 0 aliphatic carbocycles. The molecule has 0 aliphatic rings. The number of H-pyrrole nitrogens is 1. The van der Waals surface area contributed by atoms with E-state index >= 15 is 0 Å². The lowest BCUT2D eigenvalue weighted by Gasteiger charge is -2.11. The van der Waals surface area contributed by atoms with Gasteiger partial charge in [-0.1, -0.05) is 42.5 Å². The Kier molecular flexibility index (Phi) is 6.26. The van der Waals surface area contributed by atoms with Crippen LogP contribution in [0.1, 0.15) is 34.3 Å². The Morgan fingerprint density at radius 3 is 2.31 bits per heavy atom. The first-order valence-corrected chi connectivity index (χ1v) is 11.3. The lowest BCUT2D eigenvalue weighted by atomic mass is 10.1. The van der Waals surface area contributed by atoms with E-state index in [2.05, 4.69) is 20.2 Å². The van der Waals surface area contributed by atoms with Crippen LogP contribution < -0.4 is 5.56 Å². The van der Waals surface area contributed by atoms with Gasteiger partial charge in [-0.15, -0.1) is 10.2 Å². The van der Waals surface area contributed by atoms with Crippen LogP contribution in [0.15, 0.2) is 83.7 Å². The molecule has 0 amide bonds. The molecule has 5 aromatic rings. The van der Waals surface area contributed by atoms with E-state index in [-0.39, 0.29) is 23.3 Å². The molecule has 7 nitrogen and oxygen atoms in total. The Hall–Kier alpha value is -4.46. The molecule has 0 saturated carbocycles. The smallest absolute Gasteiger partial charge is 0.258 e. The first-order valence-electron chi connectivity index (χ1n) is 11.3. The highest BCUT2D eigenvalue weighted by atomic mass is 19.1. The Labute approximate surface area is 200 Å². The number of benzene rings is 3. The Balaban J connectivity index is 1.40. The van der Waals surface area contributed by atoms with Crippen molar-refractivity contribution >= 4 is 16.7 Å². The van der Waals surface area contributed by atoms with Gasteiger partial charge in [0.15, 0.2) is 5.78 Å². The fraction of sp³-hybridized carbons (Fsp3) is 0.148. The molecule has 35 heavy (non-hydrogen) atoms. The van der Waals surface area contributed by atoms with Gasteiger partial charge in [0.25, 0.3) is 5.56 Å². The molecular weight excluding hydrogens is 445 g/mol. The van der Waals surface area contributed by atoms with Crippen LogP contribution >= 0.6 is 0 Å². The number of fused-ring (bicyclic) bond motifs is 1. The molecule has 0 atom stereocenters. The van der Waals surface area contributed by atoms with Crippen molar-refractivity contribution in [3.63, 3.8) is 0 Å². The van der Waals surface area contributed by atoms with Crippen molar-refractivity contribution in [2.45, 2.75) is 25.7 Å². The number of Topliss-reactive ketones (excluding diaryl/α,β-unsaturated/α-hetero) is 1. The molecule has 0 radical (unpaired) electrons. The summed E-state index contributed by atoms with van der Waals surface area (Å²) in [5, 5.41) is 9.25. The molecule has 0 spiro atoms. The number of rotatable bonds is 8. The van der Waals surface area contributed by atoms with Crippen molar-refractivity contribution < 1.29 is 9.18 Å². The maximum Gasteiger partial charge on any atom is 0.258 e. The maximum absolute atomic E-state index is 14.0. The van der Waals surface area contributed by atoms with Gasteiger partial charge in [0.05, 0.1) is 16.5 Å². The molecule has 2 aromatic heterocycles. The molecule has 0 unspecified atom stereocenters. The number of aromatic amines is 1. The van der Waals surface area contributed by atoms with Gasteiger partial charge in [-0.25, -0.2) is 9.37 Å². The number of carbonyl (C=O) groups excluding carboxylic acids is 1. The van der Waals surface area contributed by atoms with Crippen molar-refractivity contribution in [3.05, 3.63) is 118 Å². The van der Waals surface area contributed by atoms with Crippen LogP contribution in [0, 0.1) is 5.82 Å². The van der Waals surface area contributed by atoms with Crippen LogP contribution in [0.2, 0.25) is 0 Å². The van der Waals surface area contributed by atoms with Gasteiger partial charge in [-0.2, -0.15) is 0 Å². The number of aryl methyl sites for hydroxylation is 3. The van der Waals surface area contributed by atoms with Gasteiger partial charge >= 0.3 is 0 Å². The van der Waals surface area contributed by atoms with Crippen LogP contribution in [0.4, 0.5) is 4.39 Å². The lowest BCUT2D eigenvalue weighted by Crippen LogP contribution is -2.14. The SMILES string of the molecule is O=C(CCc1nnc(CCc2nc3ccccc3c(=O)[nH]2)n1-c1ccccc1)c1ccccc1F. The zero-order valence-electron chi connectivity index (χ0n) is 18.8. The number of ketones is 1. The van der Waals surface area contributed by atoms with Gasteiger partial charge in [0, 0.05) is 31.4 Å². The van der Waals surface area contributed by atoms with E-state index < -0.39 is 5.82 Å².